The number of benzene rings is 3. The fourth-order valence-electron chi connectivity index (χ4n) is 3.22. The van der Waals surface area contributed by atoms with E-state index in [1.165, 1.54) is 40.7 Å². The highest BCUT2D eigenvalue weighted by atomic mass is 31.1. The lowest BCUT2D eigenvalue weighted by atomic mass is 10.0. The van der Waals surface area contributed by atoms with E-state index < -0.39 is 7.92 Å². The van der Waals surface area contributed by atoms with Crippen LogP contribution in [0.2, 0.25) is 0 Å². The van der Waals surface area contributed by atoms with Gasteiger partial charge >= 0.3 is 0 Å². The molecule has 0 saturated carbocycles. The molecule has 3 aromatic rings. The Kier molecular flexibility index (Phi) is 6.42. The summed E-state index contributed by atoms with van der Waals surface area (Å²) in [6.07, 6.45) is 3.73. The van der Waals surface area contributed by atoms with Crippen LogP contribution in [0.5, 0.6) is 0 Å². The second-order valence-corrected chi connectivity index (χ2v) is 9.11. The van der Waals surface area contributed by atoms with E-state index in [-0.39, 0.29) is 0 Å². The predicted molar refractivity (Wildman–Crippen MR) is 113 cm³/mol. The standard InChI is InChI=1S/C24H27P/c1-20(2)12-11-14-21-13-9-10-19-24(21)25(22-15-5-3-6-16-22)23-17-7-4-8-18-23/h3-10,13,15-20H,11-12,14H2,1-2H3. The molecule has 0 bridgehead atoms. The van der Waals surface area contributed by atoms with Crippen molar-refractivity contribution < 1.29 is 0 Å². The van der Waals surface area contributed by atoms with Gasteiger partial charge in [0.2, 0.25) is 0 Å². The minimum Gasteiger partial charge on any atom is -0.0628 e. The molecule has 1 heteroatoms. The smallest absolute Gasteiger partial charge is 0.0119 e. The highest BCUT2D eigenvalue weighted by molar-refractivity contribution is 7.79. The van der Waals surface area contributed by atoms with Crippen LogP contribution in [-0.4, -0.2) is 0 Å². The van der Waals surface area contributed by atoms with Gasteiger partial charge in [-0.05, 0) is 48.2 Å². The van der Waals surface area contributed by atoms with E-state index in [0.717, 1.165) is 5.92 Å². The Bertz CT molecular complexity index is 723. The summed E-state index contributed by atoms with van der Waals surface area (Å²) in [5.41, 5.74) is 1.52. The molecule has 0 N–H and O–H groups in total. The average Bonchev–Trinajstić information content (AvgIpc) is 2.65. The predicted octanol–water partition coefficient (Wildman–Crippen LogP) is 5.42. The zero-order valence-corrected chi connectivity index (χ0v) is 16.1. The van der Waals surface area contributed by atoms with Crippen LogP contribution in [0.3, 0.4) is 0 Å². The lowest BCUT2D eigenvalue weighted by Gasteiger charge is -2.22. The second-order valence-electron chi connectivity index (χ2n) is 6.92. The van der Waals surface area contributed by atoms with Gasteiger partial charge in [-0.1, -0.05) is 105 Å². The fourth-order valence-corrected chi connectivity index (χ4v) is 5.73. The maximum atomic E-state index is 2.34. The Hall–Kier alpha value is -1.91. The average molecular weight is 346 g/mol. The zero-order chi connectivity index (χ0) is 17.5. The van der Waals surface area contributed by atoms with Crippen LogP contribution >= 0.6 is 7.92 Å². The third-order valence-corrected chi connectivity index (χ3v) is 7.04. The Labute approximate surface area is 153 Å². The van der Waals surface area contributed by atoms with Gasteiger partial charge in [-0.25, -0.2) is 0 Å². The number of aryl methyl sites for hydroxylation is 1. The van der Waals surface area contributed by atoms with E-state index in [2.05, 4.69) is 98.8 Å². The van der Waals surface area contributed by atoms with Crippen molar-refractivity contribution in [2.75, 3.05) is 0 Å². The van der Waals surface area contributed by atoms with Crippen LogP contribution < -0.4 is 15.9 Å². The highest BCUT2D eigenvalue weighted by Gasteiger charge is 2.18. The van der Waals surface area contributed by atoms with Crippen LogP contribution in [0.4, 0.5) is 0 Å². The van der Waals surface area contributed by atoms with Gasteiger partial charge in [0.15, 0.2) is 0 Å². The Morgan fingerprint density at radius 2 is 1.20 bits per heavy atom. The van der Waals surface area contributed by atoms with E-state index in [9.17, 15) is 0 Å². The van der Waals surface area contributed by atoms with E-state index >= 15 is 0 Å². The summed E-state index contributed by atoms with van der Waals surface area (Å²) < 4.78 is 0. The summed E-state index contributed by atoms with van der Waals surface area (Å²) in [6.45, 7) is 4.62. The van der Waals surface area contributed by atoms with Crippen molar-refractivity contribution in [2.45, 2.75) is 33.1 Å². The summed E-state index contributed by atoms with van der Waals surface area (Å²) in [6, 6.07) is 31.1. The van der Waals surface area contributed by atoms with Crippen molar-refractivity contribution in [3.8, 4) is 0 Å². The van der Waals surface area contributed by atoms with Crippen LogP contribution in [0.25, 0.3) is 0 Å². The molecule has 0 aromatic heterocycles. The first-order valence-electron chi connectivity index (χ1n) is 9.24. The van der Waals surface area contributed by atoms with Crippen molar-refractivity contribution in [1.29, 1.82) is 0 Å². The Balaban J connectivity index is 2.00. The summed E-state index contributed by atoms with van der Waals surface area (Å²) >= 11 is 0. The van der Waals surface area contributed by atoms with E-state index in [4.69, 9.17) is 0 Å². The van der Waals surface area contributed by atoms with Crippen LogP contribution in [0.15, 0.2) is 84.9 Å². The normalized spacial score (nSPS) is 11.2. The molecule has 0 nitrogen and oxygen atoms in total. The molecule has 128 valence electrons. The lowest BCUT2D eigenvalue weighted by molar-refractivity contribution is 0.556. The molecule has 0 spiro atoms. The maximum absolute atomic E-state index is 2.34. The highest BCUT2D eigenvalue weighted by Crippen LogP contribution is 2.34. The Morgan fingerprint density at radius 1 is 0.680 bits per heavy atom. The van der Waals surface area contributed by atoms with E-state index in [0.29, 0.717) is 0 Å². The van der Waals surface area contributed by atoms with Crippen LogP contribution in [0.1, 0.15) is 32.3 Å². The summed E-state index contributed by atoms with van der Waals surface area (Å²) in [7, 11) is -0.499. The molecule has 0 amide bonds. The quantitative estimate of drug-likeness (QED) is 0.501. The van der Waals surface area contributed by atoms with Crippen molar-refractivity contribution in [3.63, 3.8) is 0 Å². The molecule has 0 unspecified atom stereocenters. The summed E-state index contributed by atoms with van der Waals surface area (Å²) in [5.74, 6) is 0.775. The first-order chi connectivity index (χ1) is 12.3. The molecule has 3 aromatic carbocycles. The minimum absolute atomic E-state index is 0.499. The van der Waals surface area contributed by atoms with Gasteiger partial charge in [0.1, 0.15) is 0 Å². The Morgan fingerprint density at radius 3 is 1.76 bits per heavy atom. The molecule has 0 atom stereocenters. The molecule has 25 heavy (non-hydrogen) atoms. The molecule has 0 aliphatic carbocycles. The summed E-state index contributed by atoms with van der Waals surface area (Å²) in [4.78, 5) is 0. The third-order valence-electron chi connectivity index (χ3n) is 4.49. The first kappa shape index (κ1) is 17.9. The maximum Gasteiger partial charge on any atom is -0.0119 e. The third kappa shape index (κ3) is 4.80. The summed E-state index contributed by atoms with van der Waals surface area (Å²) in [5, 5.41) is 4.37. The van der Waals surface area contributed by atoms with Gasteiger partial charge in [-0.3, -0.25) is 0 Å². The van der Waals surface area contributed by atoms with Crippen molar-refractivity contribution in [1.82, 2.24) is 0 Å². The fraction of sp³-hybridized carbons (Fsp3) is 0.250. The van der Waals surface area contributed by atoms with Gasteiger partial charge in [-0.15, -0.1) is 0 Å². The molecule has 3 rings (SSSR count). The van der Waals surface area contributed by atoms with Crippen molar-refractivity contribution in [2.24, 2.45) is 5.92 Å². The van der Waals surface area contributed by atoms with Crippen LogP contribution in [0, 0.1) is 5.92 Å². The second kappa shape index (κ2) is 8.97. The first-order valence-corrected chi connectivity index (χ1v) is 10.6. The van der Waals surface area contributed by atoms with E-state index in [1.807, 2.05) is 0 Å². The molecular formula is C24H27P. The molecule has 0 aliphatic rings. The molecule has 0 aliphatic heterocycles. The number of rotatable bonds is 7. The molecule has 0 heterocycles. The van der Waals surface area contributed by atoms with Gasteiger partial charge in [-0.2, -0.15) is 0 Å². The monoisotopic (exact) mass is 346 g/mol. The zero-order valence-electron chi connectivity index (χ0n) is 15.2. The molecule has 0 saturated heterocycles. The van der Waals surface area contributed by atoms with Gasteiger partial charge in [0.05, 0.1) is 0 Å². The van der Waals surface area contributed by atoms with Gasteiger partial charge in [0.25, 0.3) is 0 Å². The lowest BCUT2D eigenvalue weighted by Crippen LogP contribution is -2.23. The van der Waals surface area contributed by atoms with Crippen molar-refractivity contribution >= 4 is 23.8 Å². The topological polar surface area (TPSA) is 0 Å². The minimum atomic E-state index is -0.499. The van der Waals surface area contributed by atoms with E-state index in [1.54, 1.807) is 0 Å². The largest absolute Gasteiger partial charge is 0.0628 e. The van der Waals surface area contributed by atoms with Crippen LogP contribution in [-0.2, 0) is 6.42 Å². The molecule has 0 radical (unpaired) electrons. The number of hydrogen-bond acceptors (Lipinski definition) is 0. The SMILES string of the molecule is CC(C)CCCc1ccccc1P(c1ccccc1)c1ccccc1. The van der Waals surface area contributed by atoms with Crippen molar-refractivity contribution in [3.05, 3.63) is 90.5 Å². The van der Waals surface area contributed by atoms with Gasteiger partial charge < -0.3 is 0 Å². The molecule has 0 fully saturated rings. The number of hydrogen-bond donors (Lipinski definition) is 0. The molecular weight excluding hydrogens is 319 g/mol. The van der Waals surface area contributed by atoms with Gasteiger partial charge in [0, 0.05) is 0 Å².